The lowest BCUT2D eigenvalue weighted by atomic mass is 10.0. The molecule has 0 aliphatic rings. The van der Waals surface area contributed by atoms with Gasteiger partial charge in [-0.3, -0.25) is 4.79 Å². The number of carboxylic acid groups (broad SMARTS) is 1. The third-order valence-corrected chi connectivity index (χ3v) is 2.56. The second-order valence-corrected chi connectivity index (χ2v) is 3.86. The van der Waals surface area contributed by atoms with E-state index in [1.165, 1.54) is 0 Å². The molecule has 84 valence electrons. The van der Waals surface area contributed by atoms with Crippen LogP contribution in [-0.2, 0) is 4.79 Å². The van der Waals surface area contributed by atoms with E-state index in [-0.39, 0.29) is 5.78 Å². The molecule has 0 spiro atoms. The molecule has 1 aromatic carbocycles. The third kappa shape index (κ3) is 2.94. The fourth-order valence-electron chi connectivity index (χ4n) is 1.33. The minimum absolute atomic E-state index is 0.359. The number of ketones is 1. The summed E-state index contributed by atoms with van der Waals surface area (Å²) in [6.07, 6.45) is 1.84. The SMILES string of the molecule is Cc1cc(C)c(C(=O)/C=C/C(=O)O)cc1Cl. The summed E-state index contributed by atoms with van der Waals surface area (Å²) in [5.41, 5.74) is 2.09. The fourth-order valence-corrected chi connectivity index (χ4v) is 1.49. The Labute approximate surface area is 98.4 Å². The monoisotopic (exact) mass is 238 g/mol. The van der Waals surface area contributed by atoms with Gasteiger partial charge in [-0.2, -0.15) is 0 Å². The molecule has 0 radical (unpaired) electrons. The number of rotatable bonds is 3. The molecule has 0 aliphatic carbocycles. The molecule has 3 nitrogen and oxygen atoms in total. The largest absolute Gasteiger partial charge is 0.478 e. The van der Waals surface area contributed by atoms with Crippen LogP contribution in [0.3, 0.4) is 0 Å². The number of allylic oxidation sites excluding steroid dienone is 1. The van der Waals surface area contributed by atoms with E-state index in [0.29, 0.717) is 10.6 Å². The van der Waals surface area contributed by atoms with Crippen LogP contribution in [-0.4, -0.2) is 16.9 Å². The van der Waals surface area contributed by atoms with Crippen molar-refractivity contribution in [2.75, 3.05) is 0 Å². The summed E-state index contributed by atoms with van der Waals surface area (Å²) in [5, 5.41) is 8.91. The Morgan fingerprint density at radius 1 is 1.19 bits per heavy atom. The van der Waals surface area contributed by atoms with Crippen molar-refractivity contribution in [3.63, 3.8) is 0 Å². The Morgan fingerprint density at radius 3 is 2.38 bits per heavy atom. The zero-order chi connectivity index (χ0) is 12.3. The molecule has 0 aliphatic heterocycles. The van der Waals surface area contributed by atoms with E-state index >= 15 is 0 Å². The first-order chi connectivity index (χ1) is 7.41. The van der Waals surface area contributed by atoms with Crippen molar-refractivity contribution in [2.24, 2.45) is 0 Å². The second-order valence-electron chi connectivity index (χ2n) is 3.45. The maximum atomic E-state index is 11.6. The first kappa shape index (κ1) is 12.5. The molecule has 0 atom stereocenters. The number of halogens is 1. The van der Waals surface area contributed by atoms with Crippen molar-refractivity contribution in [3.05, 3.63) is 46.0 Å². The molecule has 1 rings (SSSR count). The Kier molecular flexibility index (Phi) is 3.85. The highest BCUT2D eigenvalue weighted by molar-refractivity contribution is 6.32. The summed E-state index contributed by atoms with van der Waals surface area (Å²) in [5.74, 6) is -1.51. The van der Waals surface area contributed by atoms with Crippen molar-refractivity contribution < 1.29 is 14.7 Å². The van der Waals surface area contributed by atoms with Crippen LogP contribution in [0.25, 0.3) is 0 Å². The van der Waals surface area contributed by atoms with Crippen LogP contribution in [0.2, 0.25) is 5.02 Å². The zero-order valence-corrected chi connectivity index (χ0v) is 9.71. The van der Waals surface area contributed by atoms with Crippen molar-refractivity contribution in [3.8, 4) is 0 Å². The first-order valence-corrected chi connectivity index (χ1v) is 5.01. The van der Waals surface area contributed by atoms with E-state index < -0.39 is 5.97 Å². The summed E-state index contributed by atoms with van der Waals surface area (Å²) in [6, 6.07) is 3.35. The fraction of sp³-hybridized carbons (Fsp3) is 0.167. The molecule has 0 aromatic heterocycles. The highest BCUT2D eigenvalue weighted by Gasteiger charge is 2.08. The highest BCUT2D eigenvalue weighted by Crippen LogP contribution is 2.21. The minimum Gasteiger partial charge on any atom is -0.478 e. The number of carbonyl (C=O) groups excluding carboxylic acids is 1. The molecule has 0 saturated carbocycles. The summed E-state index contributed by atoms with van der Waals surface area (Å²) < 4.78 is 0. The van der Waals surface area contributed by atoms with Gasteiger partial charge in [-0.25, -0.2) is 4.79 Å². The molecule has 0 unspecified atom stereocenters. The van der Waals surface area contributed by atoms with Gasteiger partial charge in [0.1, 0.15) is 0 Å². The van der Waals surface area contributed by atoms with Crippen LogP contribution >= 0.6 is 11.6 Å². The summed E-state index contributed by atoms with van der Waals surface area (Å²) >= 11 is 5.90. The summed E-state index contributed by atoms with van der Waals surface area (Å²) in [7, 11) is 0. The lowest BCUT2D eigenvalue weighted by Crippen LogP contribution is -2.00. The van der Waals surface area contributed by atoms with Gasteiger partial charge in [-0.15, -0.1) is 0 Å². The molecule has 0 amide bonds. The van der Waals surface area contributed by atoms with Gasteiger partial charge in [-0.1, -0.05) is 17.7 Å². The lowest BCUT2D eigenvalue weighted by Gasteiger charge is -2.05. The van der Waals surface area contributed by atoms with E-state index in [1.54, 1.807) is 19.1 Å². The van der Waals surface area contributed by atoms with E-state index in [2.05, 4.69) is 0 Å². The maximum Gasteiger partial charge on any atom is 0.328 e. The lowest BCUT2D eigenvalue weighted by molar-refractivity contribution is -0.131. The number of hydrogen-bond donors (Lipinski definition) is 1. The average molecular weight is 239 g/mol. The van der Waals surface area contributed by atoms with Crippen LogP contribution in [0.5, 0.6) is 0 Å². The van der Waals surface area contributed by atoms with Gasteiger partial charge in [0, 0.05) is 16.7 Å². The first-order valence-electron chi connectivity index (χ1n) is 4.64. The third-order valence-electron chi connectivity index (χ3n) is 2.15. The number of hydrogen-bond acceptors (Lipinski definition) is 2. The number of carbonyl (C=O) groups is 2. The Balaban J connectivity index is 3.09. The van der Waals surface area contributed by atoms with Gasteiger partial charge in [0.15, 0.2) is 5.78 Å². The molecule has 0 fully saturated rings. The predicted molar refractivity (Wildman–Crippen MR) is 62.0 cm³/mol. The molecule has 1 aromatic rings. The average Bonchev–Trinajstić information content (AvgIpc) is 2.20. The number of aliphatic carboxylic acids is 1. The van der Waals surface area contributed by atoms with Crippen molar-refractivity contribution in [1.82, 2.24) is 0 Å². The van der Waals surface area contributed by atoms with Gasteiger partial charge in [-0.05, 0) is 37.1 Å². The molecule has 4 heteroatoms. The Morgan fingerprint density at radius 2 is 1.81 bits per heavy atom. The van der Waals surface area contributed by atoms with Crippen LogP contribution in [0.15, 0.2) is 24.3 Å². The van der Waals surface area contributed by atoms with Crippen LogP contribution in [0.4, 0.5) is 0 Å². The molecular weight excluding hydrogens is 228 g/mol. The van der Waals surface area contributed by atoms with E-state index in [4.69, 9.17) is 16.7 Å². The number of aryl methyl sites for hydroxylation is 2. The van der Waals surface area contributed by atoms with E-state index in [9.17, 15) is 9.59 Å². The highest BCUT2D eigenvalue weighted by atomic mass is 35.5. The molecule has 1 N–H and O–H groups in total. The standard InChI is InChI=1S/C12H11ClO3/c1-7-5-8(2)10(13)6-9(7)11(14)3-4-12(15)16/h3-6H,1-2H3,(H,15,16)/b4-3+. The molecule has 0 bridgehead atoms. The van der Waals surface area contributed by atoms with Gasteiger partial charge in [0.2, 0.25) is 0 Å². The predicted octanol–water partition coefficient (Wildman–Crippen LogP) is 2.78. The van der Waals surface area contributed by atoms with Gasteiger partial charge < -0.3 is 5.11 Å². The van der Waals surface area contributed by atoms with Crippen LogP contribution in [0, 0.1) is 13.8 Å². The molecule has 0 heterocycles. The normalized spacial score (nSPS) is 10.7. The zero-order valence-electron chi connectivity index (χ0n) is 8.95. The maximum absolute atomic E-state index is 11.6. The number of carboxylic acids is 1. The van der Waals surface area contributed by atoms with Crippen molar-refractivity contribution in [1.29, 1.82) is 0 Å². The molecular formula is C12H11ClO3. The molecule has 16 heavy (non-hydrogen) atoms. The van der Waals surface area contributed by atoms with E-state index in [1.807, 2.05) is 6.92 Å². The minimum atomic E-state index is -1.15. The van der Waals surface area contributed by atoms with Crippen LogP contribution in [0.1, 0.15) is 21.5 Å². The summed E-state index contributed by atoms with van der Waals surface area (Å²) in [4.78, 5) is 21.9. The van der Waals surface area contributed by atoms with Gasteiger partial charge in [0.05, 0.1) is 0 Å². The quantitative estimate of drug-likeness (QED) is 0.651. The molecule has 0 saturated heterocycles. The van der Waals surface area contributed by atoms with E-state index in [0.717, 1.165) is 23.3 Å². The van der Waals surface area contributed by atoms with Crippen molar-refractivity contribution in [2.45, 2.75) is 13.8 Å². The van der Waals surface area contributed by atoms with Gasteiger partial charge in [0.25, 0.3) is 0 Å². The Hall–Kier alpha value is -1.61. The Bertz CT molecular complexity index is 475. The van der Waals surface area contributed by atoms with Crippen molar-refractivity contribution >= 4 is 23.4 Å². The van der Waals surface area contributed by atoms with Gasteiger partial charge >= 0.3 is 5.97 Å². The second kappa shape index (κ2) is 4.94. The topological polar surface area (TPSA) is 54.4 Å². The number of benzene rings is 1. The van der Waals surface area contributed by atoms with Crippen LogP contribution < -0.4 is 0 Å². The summed E-state index contributed by atoms with van der Waals surface area (Å²) in [6.45, 7) is 3.63. The smallest absolute Gasteiger partial charge is 0.328 e.